The Morgan fingerprint density at radius 2 is 2.13 bits per heavy atom. The molecule has 3 N–H and O–H groups in total. The lowest BCUT2D eigenvalue weighted by atomic mass is 10.1. The maximum absolute atomic E-state index is 14.3. The molecule has 1 aromatic rings. The summed E-state index contributed by atoms with van der Waals surface area (Å²) in [5.41, 5.74) is 6.08. The Bertz CT molecular complexity index is 937. The quantitative estimate of drug-likeness (QED) is 0.681. The second-order valence-electron chi connectivity index (χ2n) is 7.52. The van der Waals surface area contributed by atoms with E-state index in [0.717, 1.165) is 4.90 Å². The third kappa shape index (κ3) is 3.28. The zero-order valence-corrected chi connectivity index (χ0v) is 17.1. The van der Waals surface area contributed by atoms with Gasteiger partial charge in [0.15, 0.2) is 6.29 Å². The number of benzene rings is 1. The van der Waals surface area contributed by atoms with Crippen LogP contribution in [0.1, 0.15) is 12.5 Å². The Morgan fingerprint density at radius 1 is 1.40 bits per heavy atom. The molecule has 4 rings (SSSR count). The molecule has 3 aliphatic rings. The third-order valence-corrected chi connectivity index (χ3v) is 5.80. The first-order valence-corrected chi connectivity index (χ1v) is 9.68. The SMILES string of the molecule is CC1=NN(CC(N)=O)C2NC3C(C(=O)N(Cc4c(F)cccc4Cl)C(=O)N3C)N2C1. The van der Waals surface area contributed by atoms with Crippen LogP contribution in [0.5, 0.6) is 0 Å². The van der Waals surface area contributed by atoms with Gasteiger partial charge in [-0.2, -0.15) is 5.10 Å². The number of nitrogens with one attached hydrogen (secondary N) is 1. The van der Waals surface area contributed by atoms with Crippen molar-refractivity contribution >= 4 is 35.2 Å². The van der Waals surface area contributed by atoms with E-state index in [1.54, 1.807) is 14.0 Å². The van der Waals surface area contributed by atoms with Crippen molar-refractivity contribution in [2.45, 2.75) is 32.0 Å². The van der Waals surface area contributed by atoms with Gasteiger partial charge in [0.25, 0.3) is 5.91 Å². The van der Waals surface area contributed by atoms with E-state index < -0.39 is 42.2 Å². The number of hydrogen-bond donors (Lipinski definition) is 2. The minimum Gasteiger partial charge on any atom is -0.368 e. The van der Waals surface area contributed by atoms with Gasteiger partial charge in [0, 0.05) is 29.9 Å². The predicted molar refractivity (Wildman–Crippen MR) is 105 cm³/mol. The minimum absolute atomic E-state index is 0.0713. The van der Waals surface area contributed by atoms with Crippen molar-refractivity contribution < 1.29 is 18.8 Å². The summed E-state index contributed by atoms with van der Waals surface area (Å²) in [6.45, 7) is 1.70. The van der Waals surface area contributed by atoms with Crippen LogP contribution in [0.15, 0.2) is 23.3 Å². The number of nitrogens with zero attached hydrogens (tertiary/aromatic N) is 5. The van der Waals surface area contributed by atoms with Crippen LogP contribution in [-0.4, -0.2) is 81.9 Å². The molecule has 10 nitrogen and oxygen atoms in total. The molecule has 0 bridgehead atoms. The second kappa shape index (κ2) is 7.49. The Hall–Kier alpha value is -2.76. The van der Waals surface area contributed by atoms with Gasteiger partial charge in [0.2, 0.25) is 5.91 Å². The topological polar surface area (TPSA) is 115 Å². The number of primary amides is 1. The standard InChI is InChI=1S/C18H21ClFN7O3/c1-9-6-25-14-15(22-17(25)27(23-9)8-13(21)28)24(2)18(30)26(16(14)29)7-10-11(19)4-3-5-12(10)20/h3-5,14-15,17,22H,6-8H2,1-2H3,(H2,21,28). The number of carbonyl (C=O) groups is 3. The van der Waals surface area contributed by atoms with Crippen molar-refractivity contribution in [2.24, 2.45) is 10.8 Å². The van der Waals surface area contributed by atoms with E-state index in [1.165, 1.54) is 28.1 Å². The van der Waals surface area contributed by atoms with Crippen LogP contribution >= 0.6 is 11.6 Å². The number of urea groups is 1. The summed E-state index contributed by atoms with van der Waals surface area (Å²) >= 11 is 6.10. The molecular weight excluding hydrogens is 417 g/mol. The molecule has 0 aromatic heterocycles. The van der Waals surface area contributed by atoms with E-state index in [-0.39, 0.29) is 23.7 Å². The molecule has 0 saturated carbocycles. The molecule has 3 aliphatic heterocycles. The number of carbonyl (C=O) groups excluding carboxylic acids is 3. The summed E-state index contributed by atoms with van der Waals surface area (Å²) in [6.07, 6.45) is -1.23. The van der Waals surface area contributed by atoms with Gasteiger partial charge in [-0.05, 0) is 19.1 Å². The third-order valence-electron chi connectivity index (χ3n) is 5.45. The van der Waals surface area contributed by atoms with Gasteiger partial charge in [-0.1, -0.05) is 17.7 Å². The molecule has 4 amide bonds. The molecule has 2 fully saturated rings. The molecule has 1 aromatic carbocycles. The van der Waals surface area contributed by atoms with Crippen LogP contribution in [0.3, 0.4) is 0 Å². The maximum Gasteiger partial charge on any atom is 0.328 e. The number of rotatable bonds is 4. The van der Waals surface area contributed by atoms with Crippen LogP contribution in [0.25, 0.3) is 0 Å². The van der Waals surface area contributed by atoms with Crippen molar-refractivity contribution in [3.63, 3.8) is 0 Å². The summed E-state index contributed by atoms with van der Waals surface area (Å²) in [7, 11) is 1.56. The summed E-state index contributed by atoms with van der Waals surface area (Å²) in [6, 6.07) is 2.87. The Morgan fingerprint density at radius 3 is 2.80 bits per heavy atom. The molecule has 0 radical (unpaired) electrons. The van der Waals surface area contributed by atoms with Gasteiger partial charge >= 0.3 is 6.03 Å². The van der Waals surface area contributed by atoms with Crippen LogP contribution in [0.2, 0.25) is 5.02 Å². The molecule has 30 heavy (non-hydrogen) atoms. The number of imide groups is 1. The molecule has 0 spiro atoms. The molecule has 160 valence electrons. The number of halogens is 2. The molecule has 3 atom stereocenters. The van der Waals surface area contributed by atoms with Crippen molar-refractivity contribution in [1.29, 1.82) is 0 Å². The number of hydrogen-bond acceptors (Lipinski definition) is 7. The zero-order chi connectivity index (χ0) is 21.7. The van der Waals surface area contributed by atoms with E-state index in [4.69, 9.17) is 17.3 Å². The average molecular weight is 438 g/mol. The van der Waals surface area contributed by atoms with E-state index in [0.29, 0.717) is 12.3 Å². The summed E-state index contributed by atoms with van der Waals surface area (Å²) in [5.74, 6) is -1.65. The highest BCUT2D eigenvalue weighted by Crippen LogP contribution is 2.31. The van der Waals surface area contributed by atoms with E-state index in [1.807, 2.05) is 4.90 Å². The predicted octanol–water partition coefficient (Wildman–Crippen LogP) is -0.0666. The normalized spacial score (nSPS) is 26.6. The van der Waals surface area contributed by atoms with E-state index in [9.17, 15) is 18.8 Å². The monoisotopic (exact) mass is 437 g/mol. The van der Waals surface area contributed by atoms with Crippen molar-refractivity contribution in [1.82, 2.24) is 25.0 Å². The van der Waals surface area contributed by atoms with Gasteiger partial charge in [0.1, 0.15) is 24.6 Å². The lowest BCUT2D eigenvalue weighted by Crippen LogP contribution is -2.66. The zero-order valence-electron chi connectivity index (χ0n) is 16.4. The first-order valence-electron chi connectivity index (χ1n) is 9.31. The Labute approximate surface area is 177 Å². The van der Waals surface area contributed by atoms with Gasteiger partial charge < -0.3 is 10.6 Å². The van der Waals surface area contributed by atoms with Crippen LogP contribution in [0, 0.1) is 5.82 Å². The molecule has 3 unspecified atom stereocenters. The molecule has 12 heteroatoms. The van der Waals surface area contributed by atoms with E-state index >= 15 is 0 Å². The highest BCUT2D eigenvalue weighted by Gasteiger charge is 2.56. The number of likely N-dealkylation sites (N-methyl/N-ethyl adjacent to an activating group) is 1. The maximum atomic E-state index is 14.3. The Kier molecular flexibility index (Phi) is 5.12. The fraction of sp³-hybridized carbons (Fsp3) is 0.444. The average Bonchev–Trinajstić information content (AvgIpc) is 3.05. The minimum atomic E-state index is -0.746. The smallest absolute Gasteiger partial charge is 0.328 e. The van der Waals surface area contributed by atoms with Crippen LogP contribution < -0.4 is 11.1 Å². The summed E-state index contributed by atoms with van der Waals surface area (Å²) < 4.78 is 14.3. The highest BCUT2D eigenvalue weighted by molar-refractivity contribution is 6.31. The van der Waals surface area contributed by atoms with Crippen LogP contribution in [0.4, 0.5) is 9.18 Å². The Balaban J connectivity index is 1.66. The highest BCUT2D eigenvalue weighted by atomic mass is 35.5. The summed E-state index contributed by atoms with van der Waals surface area (Å²) in [5, 5.41) is 9.13. The number of hydrazone groups is 1. The van der Waals surface area contributed by atoms with Gasteiger partial charge in [-0.15, -0.1) is 0 Å². The first-order chi connectivity index (χ1) is 14.2. The largest absolute Gasteiger partial charge is 0.368 e. The van der Waals surface area contributed by atoms with Gasteiger partial charge in [-0.3, -0.25) is 24.8 Å². The van der Waals surface area contributed by atoms with Crippen LogP contribution in [-0.2, 0) is 16.1 Å². The number of nitrogens with two attached hydrogens (primary N) is 1. The van der Waals surface area contributed by atoms with Crippen molar-refractivity contribution in [2.75, 3.05) is 20.1 Å². The number of amides is 4. The van der Waals surface area contributed by atoms with Crippen molar-refractivity contribution in [3.05, 3.63) is 34.6 Å². The lowest BCUT2D eigenvalue weighted by Gasteiger charge is -2.42. The second-order valence-corrected chi connectivity index (χ2v) is 7.93. The van der Waals surface area contributed by atoms with E-state index in [2.05, 4.69) is 10.4 Å². The molecule has 3 heterocycles. The molecule has 0 aliphatic carbocycles. The fourth-order valence-electron chi connectivity index (χ4n) is 4.12. The van der Waals surface area contributed by atoms with Gasteiger partial charge in [-0.25, -0.2) is 14.1 Å². The molecule has 2 saturated heterocycles. The summed E-state index contributed by atoms with van der Waals surface area (Å²) in [4.78, 5) is 41.9. The number of fused-ring (bicyclic) bond motifs is 3. The first kappa shape index (κ1) is 20.5. The van der Waals surface area contributed by atoms with Gasteiger partial charge in [0.05, 0.1) is 6.54 Å². The van der Waals surface area contributed by atoms with Crippen molar-refractivity contribution in [3.8, 4) is 0 Å². The molecular formula is C18H21ClFN7O3. The lowest BCUT2D eigenvalue weighted by molar-refractivity contribution is -0.139. The fourth-order valence-corrected chi connectivity index (χ4v) is 4.34.